The smallest absolute Gasteiger partial charge is 0.314 e. The molecular formula is C13H18N4O3. The van der Waals surface area contributed by atoms with Gasteiger partial charge in [0.2, 0.25) is 0 Å². The summed E-state index contributed by atoms with van der Waals surface area (Å²) in [7, 11) is 0. The number of hydrogen-bond donors (Lipinski definition) is 2. The number of carbonyl (C=O) groups is 1. The van der Waals surface area contributed by atoms with E-state index in [4.69, 9.17) is 5.73 Å². The summed E-state index contributed by atoms with van der Waals surface area (Å²) in [6.07, 6.45) is 1.56. The molecule has 1 aliphatic heterocycles. The maximum absolute atomic E-state index is 11.0. The van der Waals surface area contributed by atoms with Crippen molar-refractivity contribution in [1.29, 1.82) is 0 Å². The van der Waals surface area contributed by atoms with E-state index in [0.717, 1.165) is 18.5 Å². The van der Waals surface area contributed by atoms with Crippen molar-refractivity contribution in [2.24, 2.45) is 5.73 Å². The van der Waals surface area contributed by atoms with E-state index in [-0.39, 0.29) is 16.7 Å². The van der Waals surface area contributed by atoms with Crippen molar-refractivity contribution in [2.45, 2.75) is 25.8 Å². The molecule has 1 saturated heterocycles. The lowest BCUT2D eigenvalue weighted by Crippen LogP contribution is -2.44. The number of amides is 2. The van der Waals surface area contributed by atoms with Gasteiger partial charge in [-0.15, -0.1) is 0 Å². The normalized spacial score (nSPS) is 15.9. The molecule has 7 nitrogen and oxygen atoms in total. The molecule has 7 heteroatoms. The fourth-order valence-corrected chi connectivity index (χ4v) is 2.38. The predicted molar refractivity (Wildman–Crippen MR) is 75.6 cm³/mol. The standard InChI is InChI=1S/C13H18N4O3/c1-9-2-3-11(8-12(9)17(19)20)15-10-4-6-16(7-5-10)13(14)18/h2-3,8,10,15H,4-7H2,1H3,(H2,14,18). The van der Waals surface area contributed by atoms with Gasteiger partial charge in [-0.25, -0.2) is 4.79 Å². The third kappa shape index (κ3) is 3.17. The molecule has 0 aliphatic carbocycles. The Morgan fingerprint density at radius 1 is 1.45 bits per heavy atom. The Morgan fingerprint density at radius 3 is 2.65 bits per heavy atom. The SMILES string of the molecule is Cc1ccc(NC2CCN(C(N)=O)CC2)cc1[N+](=O)[O-]. The minimum absolute atomic E-state index is 0.115. The molecule has 1 aromatic carbocycles. The third-order valence-electron chi connectivity index (χ3n) is 3.58. The van der Waals surface area contributed by atoms with Crippen molar-refractivity contribution in [3.63, 3.8) is 0 Å². The number of urea groups is 1. The monoisotopic (exact) mass is 278 g/mol. The molecule has 2 rings (SSSR count). The molecule has 1 heterocycles. The topological polar surface area (TPSA) is 102 Å². The minimum atomic E-state index is -0.394. The van der Waals surface area contributed by atoms with Crippen molar-refractivity contribution < 1.29 is 9.72 Å². The molecule has 1 aromatic rings. The Bertz CT molecular complexity index is 524. The van der Waals surface area contributed by atoms with Crippen LogP contribution < -0.4 is 11.1 Å². The van der Waals surface area contributed by atoms with E-state index in [0.29, 0.717) is 18.7 Å². The predicted octanol–water partition coefficient (Wildman–Crippen LogP) is 1.86. The van der Waals surface area contributed by atoms with Crippen molar-refractivity contribution >= 4 is 17.4 Å². The van der Waals surface area contributed by atoms with Gasteiger partial charge in [0.15, 0.2) is 0 Å². The van der Waals surface area contributed by atoms with E-state index in [1.54, 1.807) is 24.0 Å². The van der Waals surface area contributed by atoms with Gasteiger partial charge in [0, 0.05) is 36.4 Å². The van der Waals surface area contributed by atoms with Crippen molar-refractivity contribution in [2.75, 3.05) is 18.4 Å². The Morgan fingerprint density at radius 2 is 2.10 bits per heavy atom. The Kier molecular flexibility index (Phi) is 4.07. The lowest BCUT2D eigenvalue weighted by atomic mass is 10.0. The number of piperidine rings is 1. The zero-order valence-corrected chi connectivity index (χ0v) is 11.3. The average Bonchev–Trinajstić information content (AvgIpc) is 2.41. The van der Waals surface area contributed by atoms with Gasteiger partial charge in [-0.1, -0.05) is 6.07 Å². The number of likely N-dealkylation sites (tertiary alicyclic amines) is 1. The lowest BCUT2D eigenvalue weighted by molar-refractivity contribution is -0.385. The van der Waals surface area contributed by atoms with Crippen LogP contribution >= 0.6 is 0 Å². The zero-order valence-electron chi connectivity index (χ0n) is 11.3. The number of anilines is 1. The molecule has 0 saturated carbocycles. The summed E-state index contributed by atoms with van der Waals surface area (Å²) in [5, 5.41) is 14.2. The largest absolute Gasteiger partial charge is 0.382 e. The Hall–Kier alpha value is -2.31. The number of hydrogen-bond acceptors (Lipinski definition) is 4. The summed E-state index contributed by atoms with van der Waals surface area (Å²) in [5.74, 6) is 0. The number of nitro benzene ring substituents is 1. The van der Waals surface area contributed by atoms with E-state index in [1.807, 2.05) is 6.07 Å². The first-order valence-corrected chi connectivity index (χ1v) is 6.53. The fraction of sp³-hybridized carbons (Fsp3) is 0.462. The fourth-order valence-electron chi connectivity index (χ4n) is 2.38. The number of rotatable bonds is 3. The summed E-state index contributed by atoms with van der Waals surface area (Å²) in [6.45, 7) is 2.94. The number of aryl methyl sites for hydroxylation is 1. The number of carbonyl (C=O) groups excluding carboxylic acids is 1. The molecule has 0 atom stereocenters. The van der Waals surface area contributed by atoms with Crippen LogP contribution in [0.4, 0.5) is 16.2 Å². The molecular weight excluding hydrogens is 260 g/mol. The summed E-state index contributed by atoms with van der Waals surface area (Å²) in [6, 6.07) is 4.93. The minimum Gasteiger partial charge on any atom is -0.382 e. The number of nitrogens with two attached hydrogens (primary N) is 1. The maximum Gasteiger partial charge on any atom is 0.314 e. The van der Waals surface area contributed by atoms with E-state index in [1.165, 1.54) is 0 Å². The summed E-state index contributed by atoms with van der Waals surface area (Å²) in [4.78, 5) is 23.2. The van der Waals surface area contributed by atoms with Gasteiger partial charge in [0.25, 0.3) is 5.69 Å². The molecule has 0 unspecified atom stereocenters. The highest BCUT2D eigenvalue weighted by molar-refractivity contribution is 5.72. The maximum atomic E-state index is 11.0. The number of primary amides is 1. The molecule has 0 spiro atoms. The molecule has 0 bridgehead atoms. The van der Waals surface area contributed by atoms with Gasteiger partial charge >= 0.3 is 6.03 Å². The number of nitrogens with zero attached hydrogens (tertiary/aromatic N) is 2. The van der Waals surface area contributed by atoms with E-state index >= 15 is 0 Å². The first kappa shape index (κ1) is 14.1. The first-order chi connectivity index (χ1) is 9.47. The molecule has 1 aliphatic rings. The van der Waals surface area contributed by atoms with E-state index in [9.17, 15) is 14.9 Å². The van der Waals surface area contributed by atoms with Crippen LogP contribution in [-0.4, -0.2) is 35.0 Å². The highest BCUT2D eigenvalue weighted by Crippen LogP contribution is 2.24. The third-order valence-corrected chi connectivity index (χ3v) is 3.58. The van der Waals surface area contributed by atoms with Crippen LogP contribution in [0.5, 0.6) is 0 Å². The number of benzene rings is 1. The van der Waals surface area contributed by atoms with E-state index < -0.39 is 6.03 Å². The molecule has 0 radical (unpaired) electrons. The number of nitrogens with one attached hydrogen (secondary N) is 1. The van der Waals surface area contributed by atoms with Gasteiger partial charge < -0.3 is 16.0 Å². The zero-order chi connectivity index (χ0) is 14.7. The first-order valence-electron chi connectivity index (χ1n) is 6.53. The highest BCUT2D eigenvalue weighted by Gasteiger charge is 2.21. The van der Waals surface area contributed by atoms with Gasteiger partial charge in [-0.2, -0.15) is 0 Å². The van der Waals surface area contributed by atoms with Crippen molar-refractivity contribution in [3.05, 3.63) is 33.9 Å². The van der Waals surface area contributed by atoms with Crippen LogP contribution in [0.25, 0.3) is 0 Å². The van der Waals surface area contributed by atoms with Gasteiger partial charge in [0.1, 0.15) is 0 Å². The second-order valence-corrected chi connectivity index (χ2v) is 5.00. The quantitative estimate of drug-likeness (QED) is 0.650. The molecule has 0 aromatic heterocycles. The van der Waals surface area contributed by atoms with Crippen molar-refractivity contribution in [3.8, 4) is 0 Å². The van der Waals surface area contributed by atoms with E-state index in [2.05, 4.69) is 5.32 Å². The van der Waals surface area contributed by atoms with Crippen LogP contribution in [0, 0.1) is 17.0 Å². The van der Waals surface area contributed by atoms with Crippen LogP contribution in [0.2, 0.25) is 0 Å². The summed E-state index contributed by atoms with van der Waals surface area (Å²) >= 11 is 0. The Labute approximate surface area is 116 Å². The second kappa shape index (κ2) is 5.77. The summed E-state index contributed by atoms with van der Waals surface area (Å²) < 4.78 is 0. The van der Waals surface area contributed by atoms with Crippen LogP contribution in [0.3, 0.4) is 0 Å². The second-order valence-electron chi connectivity index (χ2n) is 5.00. The van der Waals surface area contributed by atoms with Crippen LogP contribution in [0.1, 0.15) is 18.4 Å². The number of nitro groups is 1. The molecule has 20 heavy (non-hydrogen) atoms. The van der Waals surface area contributed by atoms with Gasteiger partial charge in [0.05, 0.1) is 4.92 Å². The molecule has 3 N–H and O–H groups in total. The summed E-state index contributed by atoms with van der Waals surface area (Å²) in [5.41, 5.74) is 6.72. The molecule has 2 amide bonds. The van der Waals surface area contributed by atoms with Crippen LogP contribution in [0.15, 0.2) is 18.2 Å². The average molecular weight is 278 g/mol. The molecule has 1 fully saturated rings. The molecule has 108 valence electrons. The lowest BCUT2D eigenvalue weighted by Gasteiger charge is -2.31. The van der Waals surface area contributed by atoms with Gasteiger partial charge in [-0.3, -0.25) is 10.1 Å². The van der Waals surface area contributed by atoms with Crippen molar-refractivity contribution in [1.82, 2.24) is 4.90 Å². The highest BCUT2D eigenvalue weighted by atomic mass is 16.6. The Balaban J connectivity index is 1.99. The van der Waals surface area contributed by atoms with Gasteiger partial charge in [-0.05, 0) is 25.8 Å². The van der Waals surface area contributed by atoms with Crippen LogP contribution in [-0.2, 0) is 0 Å².